The third-order valence-electron chi connectivity index (χ3n) is 27.8. The molecule has 606 valence electrons. The average Bonchev–Trinajstić information content (AvgIpc) is 1.54. The number of hydrogen-bond donors (Lipinski definition) is 0. The molecule has 27 rings (SSSR count). The molecular weight excluding hydrogens is 1570 g/mol. The third-order valence-corrected chi connectivity index (χ3v) is 27.8. The van der Waals surface area contributed by atoms with Crippen LogP contribution in [0.15, 0.2) is 419 Å². The first kappa shape index (κ1) is 73.9. The molecule has 0 spiro atoms. The van der Waals surface area contributed by atoms with Gasteiger partial charge in [0.2, 0.25) is 11.9 Å². The maximum absolute atomic E-state index is 5.51. The molecule has 2 aliphatic carbocycles. The molecule has 0 saturated heterocycles. The number of aromatic nitrogens is 9. The minimum Gasteiger partial charge on any atom is -0.309 e. The number of nitrogens with zero attached hydrogens (tertiary/aromatic N) is 9. The molecule has 25 aromatic rings. The molecule has 2 aliphatic rings. The Bertz CT molecular complexity index is 8920. The standard InChI is InChI=1S/C62H44N4.C58H37N5/c1-61(2)49-22-12-8-18-41(49)43-29-26-39(36-51(43)61)59-46-21-10-14-24-52(46)63-60(64-59)66-53-25-15-11-20-44(53)47-34-37(27-31-54(47)66)38-28-32-55-48(35-38)57-56(65(55)40-16-6-5-7-17-40)33-30-45-42-19-9-13-23-50(42)62(3,4)58(45)57;1-5-17-38(18-6-1)48-37-49(39-19-7-2-8-20-39)60-58(59-48)63-50-27-15-13-25-44(50)46-35-40(29-31-52(46)63)41-30-32-53-47(36-41)57-55(62(53)43-23-11-4-12-24-43)34-33-54-56(57)45-26-14-16-28-51(45)61(54)42-21-9-3-10-22-42/h5-36H,1-4H3;1-37H. The Morgan fingerprint density at radius 1 is 0.194 bits per heavy atom. The van der Waals surface area contributed by atoms with Crippen molar-refractivity contribution >= 4 is 120 Å². The molecule has 0 fully saturated rings. The molecule has 0 bridgehead atoms. The van der Waals surface area contributed by atoms with Crippen LogP contribution in [0.5, 0.6) is 0 Å². The topological polar surface area (TPSA) is 76.2 Å². The molecule has 0 aliphatic heterocycles. The van der Waals surface area contributed by atoms with Crippen LogP contribution in [-0.4, -0.2) is 42.8 Å². The van der Waals surface area contributed by atoms with E-state index >= 15 is 0 Å². The van der Waals surface area contributed by atoms with Crippen LogP contribution in [0.4, 0.5) is 0 Å². The van der Waals surface area contributed by atoms with Gasteiger partial charge in [-0.15, -0.1) is 0 Å². The van der Waals surface area contributed by atoms with E-state index in [9.17, 15) is 0 Å². The second-order valence-corrected chi connectivity index (χ2v) is 35.6. The summed E-state index contributed by atoms with van der Waals surface area (Å²) in [5.41, 5.74) is 36.9. The summed E-state index contributed by atoms with van der Waals surface area (Å²) in [6, 6.07) is 152. The molecular formula is C120H81N9. The summed E-state index contributed by atoms with van der Waals surface area (Å²) in [6.45, 7) is 9.46. The highest BCUT2D eigenvalue weighted by molar-refractivity contribution is 6.29. The molecule has 129 heavy (non-hydrogen) atoms. The van der Waals surface area contributed by atoms with Crippen molar-refractivity contribution in [1.29, 1.82) is 0 Å². The largest absolute Gasteiger partial charge is 0.309 e. The van der Waals surface area contributed by atoms with Gasteiger partial charge in [0.05, 0.1) is 77.8 Å². The van der Waals surface area contributed by atoms with E-state index in [-0.39, 0.29) is 10.8 Å². The van der Waals surface area contributed by atoms with Gasteiger partial charge in [-0.05, 0) is 206 Å². The fourth-order valence-corrected chi connectivity index (χ4v) is 21.9. The van der Waals surface area contributed by atoms with Gasteiger partial charge in [0, 0.05) is 104 Å². The van der Waals surface area contributed by atoms with Crippen LogP contribution in [0.25, 0.3) is 227 Å². The van der Waals surface area contributed by atoms with Crippen LogP contribution in [0.1, 0.15) is 49.9 Å². The first-order valence-electron chi connectivity index (χ1n) is 44.5. The van der Waals surface area contributed by atoms with Gasteiger partial charge in [-0.2, -0.15) is 0 Å². The van der Waals surface area contributed by atoms with Gasteiger partial charge < -0.3 is 13.7 Å². The van der Waals surface area contributed by atoms with Crippen LogP contribution >= 0.6 is 0 Å². The molecule has 18 aromatic carbocycles. The molecule has 7 aromatic heterocycles. The van der Waals surface area contributed by atoms with E-state index in [0.717, 1.165) is 106 Å². The second-order valence-electron chi connectivity index (χ2n) is 35.6. The normalized spacial score (nSPS) is 13.1. The molecule has 0 unspecified atom stereocenters. The zero-order valence-corrected chi connectivity index (χ0v) is 71.4. The highest BCUT2D eigenvalue weighted by Crippen LogP contribution is 2.55. The SMILES string of the molecule is CC1(C)c2ccccc2-c2ccc(-c3nc(-n4c5ccccc5c5cc(-c6ccc7c(c6)c6c8c(ccc6n7-c6ccccc6)-c6ccccc6C8(C)C)ccc54)nc4ccccc34)cc21.c1ccc(-c2cc(-c3ccccc3)nc(-n3c4ccccc4c4cc(-c5ccc6c(c5)c5c7c8ccccc8n(-c8ccccc8)c7ccc5n6-c5ccccc5)ccc43)n2)cc1. The van der Waals surface area contributed by atoms with Gasteiger partial charge >= 0.3 is 0 Å². The van der Waals surface area contributed by atoms with Crippen LogP contribution in [0, 0.1) is 0 Å². The fraction of sp³-hybridized carbons (Fsp3) is 0.0500. The van der Waals surface area contributed by atoms with E-state index < -0.39 is 0 Å². The molecule has 7 heterocycles. The third kappa shape index (κ3) is 11.2. The van der Waals surface area contributed by atoms with Crippen molar-refractivity contribution < 1.29 is 0 Å². The van der Waals surface area contributed by atoms with Crippen molar-refractivity contribution in [2.75, 3.05) is 0 Å². The minimum absolute atomic E-state index is 0.121. The van der Waals surface area contributed by atoms with Gasteiger partial charge in [0.15, 0.2) is 0 Å². The van der Waals surface area contributed by atoms with Crippen molar-refractivity contribution in [3.05, 3.63) is 441 Å². The van der Waals surface area contributed by atoms with E-state index in [1.807, 2.05) is 12.1 Å². The van der Waals surface area contributed by atoms with E-state index in [1.54, 1.807) is 0 Å². The predicted octanol–water partition coefficient (Wildman–Crippen LogP) is 30.5. The van der Waals surface area contributed by atoms with E-state index in [1.165, 1.54) is 132 Å². The van der Waals surface area contributed by atoms with Crippen molar-refractivity contribution in [2.45, 2.75) is 38.5 Å². The van der Waals surface area contributed by atoms with Gasteiger partial charge in [-0.1, -0.05) is 307 Å². The summed E-state index contributed by atoms with van der Waals surface area (Å²) in [5.74, 6) is 1.31. The number of hydrogen-bond acceptors (Lipinski definition) is 4. The Morgan fingerprint density at radius 2 is 0.535 bits per heavy atom. The van der Waals surface area contributed by atoms with Gasteiger partial charge in [0.25, 0.3) is 0 Å². The van der Waals surface area contributed by atoms with Crippen molar-refractivity contribution in [2.24, 2.45) is 0 Å². The number of fused-ring (bicyclic) bond motifs is 24. The van der Waals surface area contributed by atoms with Crippen LogP contribution in [-0.2, 0) is 10.8 Å². The van der Waals surface area contributed by atoms with Crippen molar-refractivity contribution in [3.63, 3.8) is 0 Å². The highest BCUT2D eigenvalue weighted by Gasteiger charge is 2.39. The number of benzene rings is 18. The summed E-state index contributed by atoms with van der Waals surface area (Å²) in [7, 11) is 0. The lowest BCUT2D eigenvalue weighted by Gasteiger charge is -2.22. The highest BCUT2D eigenvalue weighted by atomic mass is 15.2. The van der Waals surface area contributed by atoms with Gasteiger partial charge in [-0.25, -0.2) is 19.9 Å². The van der Waals surface area contributed by atoms with Crippen LogP contribution in [0.3, 0.4) is 0 Å². The number of para-hydroxylation sites is 7. The van der Waals surface area contributed by atoms with Crippen LogP contribution < -0.4 is 0 Å². The van der Waals surface area contributed by atoms with Crippen molar-refractivity contribution in [1.82, 2.24) is 42.8 Å². The molecule has 0 radical (unpaired) electrons. The van der Waals surface area contributed by atoms with Crippen molar-refractivity contribution in [3.8, 4) is 107 Å². The Hall–Kier alpha value is -16.6. The number of rotatable bonds is 10. The quantitative estimate of drug-likeness (QED) is 0.137. The second kappa shape index (κ2) is 28.5. The summed E-state index contributed by atoms with van der Waals surface area (Å²) >= 11 is 0. The first-order chi connectivity index (χ1) is 63.5. The lowest BCUT2D eigenvalue weighted by atomic mass is 9.80. The molecule has 0 atom stereocenters. The summed E-state index contributed by atoms with van der Waals surface area (Å²) < 4.78 is 11.8. The maximum Gasteiger partial charge on any atom is 0.235 e. The first-order valence-corrected chi connectivity index (χ1v) is 44.5. The van der Waals surface area contributed by atoms with E-state index in [2.05, 4.69) is 457 Å². The molecule has 0 amide bonds. The summed E-state index contributed by atoms with van der Waals surface area (Å²) in [4.78, 5) is 21.3. The Balaban J connectivity index is 0.000000136. The zero-order chi connectivity index (χ0) is 85.5. The van der Waals surface area contributed by atoms with E-state index in [4.69, 9.17) is 19.9 Å². The smallest absolute Gasteiger partial charge is 0.235 e. The Morgan fingerprint density at radius 3 is 1.05 bits per heavy atom. The lowest BCUT2D eigenvalue weighted by molar-refractivity contribution is 0.660. The molecule has 0 N–H and O–H groups in total. The molecule has 9 nitrogen and oxygen atoms in total. The Labute approximate surface area is 744 Å². The molecule has 9 heteroatoms. The summed E-state index contributed by atoms with van der Waals surface area (Å²) in [5, 5.41) is 13.2. The monoisotopic (exact) mass is 1650 g/mol. The Kier molecular flexibility index (Phi) is 16.3. The fourth-order valence-electron chi connectivity index (χ4n) is 21.9. The van der Waals surface area contributed by atoms with Crippen LogP contribution in [0.2, 0.25) is 0 Å². The minimum atomic E-state index is -0.161. The van der Waals surface area contributed by atoms with E-state index in [0.29, 0.717) is 11.9 Å². The maximum atomic E-state index is 5.51. The lowest BCUT2D eigenvalue weighted by Crippen LogP contribution is -2.15. The molecule has 0 saturated carbocycles. The predicted molar refractivity (Wildman–Crippen MR) is 536 cm³/mol. The van der Waals surface area contributed by atoms with Gasteiger partial charge in [-0.3, -0.25) is 9.13 Å². The van der Waals surface area contributed by atoms with Gasteiger partial charge in [0.1, 0.15) is 0 Å². The zero-order valence-electron chi connectivity index (χ0n) is 71.4. The summed E-state index contributed by atoms with van der Waals surface area (Å²) in [6.07, 6.45) is 0. The average molecular weight is 1650 g/mol.